The molecular formula is C36H66Mg3O12S2. The molecule has 53 heavy (non-hydrogen) atoms. The third-order valence-corrected chi connectivity index (χ3v) is 7.29. The second-order valence-corrected chi connectivity index (χ2v) is 13.9. The molecule has 0 atom stereocenters. The van der Waals surface area contributed by atoms with E-state index in [4.69, 9.17) is 35.0 Å². The van der Waals surface area contributed by atoms with Gasteiger partial charge in [-0.05, 0) is 77.0 Å². The third kappa shape index (κ3) is 112. The summed E-state index contributed by atoms with van der Waals surface area (Å²) in [5, 5.41) is 20.4. The maximum atomic E-state index is 10.2. The second kappa shape index (κ2) is 54.6. The molecular weight excluding hydrogens is 761 g/mol. The Morgan fingerprint density at radius 1 is 0.377 bits per heavy atom. The van der Waals surface area contributed by atoms with Gasteiger partial charge in [0.15, 0.2) is 0 Å². The molecule has 0 fully saturated rings. The van der Waals surface area contributed by atoms with Crippen molar-refractivity contribution in [3.8, 4) is 0 Å². The Morgan fingerprint density at radius 3 is 0.736 bits per heavy atom. The molecule has 0 aromatic rings. The number of carbonyl (C=O) groups is 2. The quantitative estimate of drug-likeness (QED) is 0.0277. The molecule has 12 nitrogen and oxygen atoms in total. The number of aliphatic carboxylic acids is 2. The molecule has 0 radical (unpaired) electrons. The van der Waals surface area contributed by atoms with Gasteiger partial charge in [-0.2, -0.15) is 0 Å². The summed E-state index contributed by atoms with van der Waals surface area (Å²) in [5.74, 6) is -1.83. The first kappa shape index (κ1) is 68.2. The average molecular weight is 828 g/mol. The number of carbonyl (C=O) groups excluding carboxylic acids is 2. The van der Waals surface area contributed by atoms with E-state index in [1.807, 2.05) is 0 Å². The van der Waals surface area contributed by atoms with Gasteiger partial charge in [0.1, 0.15) is 0 Å². The van der Waals surface area contributed by atoms with E-state index >= 15 is 0 Å². The van der Waals surface area contributed by atoms with Crippen LogP contribution in [-0.4, -0.2) is 116 Å². The first-order chi connectivity index (χ1) is 23.5. The predicted molar refractivity (Wildman–Crippen MR) is 207 cm³/mol. The van der Waals surface area contributed by atoms with Gasteiger partial charge in [0.25, 0.3) is 0 Å². The Morgan fingerprint density at radius 2 is 0.547 bits per heavy atom. The molecule has 0 unspecified atom stereocenters. The summed E-state index contributed by atoms with van der Waals surface area (Å²) in [5.41, 5.74) is 0. The zero-order valence-corrected chi connectivity index (χ0v) is 38.8. The molecule has 0 bridgehead atoms. The Hall–Kier alpha value is 0.459. The van der Waals surface area contributed by atoms with Crippen LogP contribution in [0.4, 0.5) is 0 Å². The molecule has 0 aliphatic rings. The largest absolute Gasteiger partial charge is 2.00 e. The summed E-state index contributed by atoms with van der Waals surface area (Å²) in [6.07, 6.45) is 41.8. The molecule has 17 heteroatoms. The van der Waals surface area contributed by atoms with Crippen molar-refractivity contribution in [2.45, 2.75) is 194 Å². The fraction of sp³-hybridized carbons (Fsp3) is 0.833. The first-order valence-electron chi connectivity index (χ1n) is 18.6. The van der Waals surface area contributed by atoms with Gasteiger partial charge < -0.3 is 38.0 Å². The van der Waals surface area contributed by atoms with Crippen LogP contribution in [0.2, 0.25) is 0 Å². The minimum atomic E-state index is -5.17. The van der Waals surface area contributed by atoms with Gasteiger partial charge in [0.05, 0.1) is 0 Å². The van der Waals surface area contributed by atoms with Crippen LogP contribution in [0.5, 0.6) is 0 Å². The summed E-state index contributed by atoms with van der Waals surface area (Å²) in [4.78, 5) is 20.4. The molecule has 0 aliphatic heterocycles. The number of unbranched alkanes of at least 4 members (excludes halogenated alkanes) is 22. The van der Waals surface area contributed by atoms with E-state index < -0.39 is 32.7 Å². The standard InChI is InChI=1S/2C18H34O2.3Mg.2H2O4S/c2*1-2-3-4-5-6-7-8-9-10-11-12-13-14-15-16-17-18(19)20;;;;2*1-5(2,3)4/h2*9-10H,2-8,11-17H2,1H3,(H,19,20);;;;2*(H2,1,2,3,4)/q;;3*+2;;/p-6/b2*10-9-;;;;;. The van der Waals surface area contributed by atoms with Gasteiger partial charge in [-0.15, -0.1) is 0 Å². The Balaban J connectivity index is -0.000000121. The maximum absolute atomic E-state index is 10.2. The van der Waals surface area contributed by atoms with Crippen LogP contribution in [0.25, 0.3) is 0 Å². The second-order valence-electron chi connectivity index (χ2n) is 12.2. The number of allylic oxidation sites excluding steroid dienone is 4. The van der Waals surface area contributed by atoms with E-state index in [1.165, 1.54) is 128 Å². The smallest absolute Gasteiger partial charge is 0.759 e. The van der Waals surface area contributed by atoms with E-state index in [0.29, 0.717) is 0 Å². The Labute approximate surface area is 371 Å². The van der Waals surface area contributed by atoms with E-state index in [2.05, 4.69) is 38.2 Å². The van der Waals surface area contributed by atoms with Crippen molar-refractivity contribution in [2.24, 2.45) is 0 Å². The zero-order chi connectivity index (χ0) is 38.8. The van der Waals surface area contributed by atoms with Crippen LogP contribution in [0.15, 0.2) is 24.3 Å². The average Bonchev–Trinajstić information content (AvgIpc) is 2.99. The van der Waals surface area contributed by atoms with E-state index in [9.17, 15) is 19.8 Å². The van der Waals surface area contributed by atoms with Gasteiger partial charge in [0.2, 0.25) is 0 Å². The molecule has 0 N–H and O–H groups in total. The fourth-order valence-corrected chi connectivity index (χ4v) is 4.68. The maximum Gasteiger partial charge on any atom is 2.00 e. The SMILES string of the molecule is CCCCCCCC/C=C\CCCCCCCC(=O)[O-].CCCCCCCC/C=C\CCCCCCCC(=O)[O-].O=S(=O)([O-])[O-].O=S(=O)([O-])[O-].[Mg+2].[Mg+2].[Mg+2]. The molecule has 0 heterocycles. The van der Waals surface area contributed by atoms with Crippen molar-refractivity contribution in [3.63, 3.8) is 0 Å². The van der Waals surface area contributed by atoms with Gasteiger partial charge >= 0.3 is 69.2 Å². The van der Waals surface area contributed by atoms with Crippen molar-refractivity contribution >= 4 is 102 Å². The van der Waals surface area contributed by atoms with Crippen LogP contribution >= 0.6 is 0 Å². The summed E-state index contributed by atoms with van der Waals surface area (Å²) >= 11 is 0. The molecule has 0 saturated heterocycles. The van der Waals surface area contributed by atoms with Crippen LogP contribution in [0.3, 0.4) is 0 Å². The molecule has 0 amide bonds. The summed E-state index contributed by atoms with van der Waals surface area (Å²) in [7, 11) is -10.3. The van der Waals surface area contributed by atoms with E-state index in [-0.39, 0.29) is 82.0 Å². The first-order valence-corrected chi connectivity index (χ1v) is 21.2. The number of carboxylic acid groups (broad SMARTS) is 2. The number of carboxylic acids is 2. The fourth-order valence-electron chi connectivity index (χ4n) is 4.68. The molecule has 0 aromatic heterocycles. The number of rotatable bonds is 30. The molecule has 0 saturated carbocycles. The Bertz CT molecular complexity index is 915. The van der Waals surface area contributed by atoms with Crippen LogP contribution in [0.1, 0.15) is 194 Å². The molecule has 0 aromatic carbocycles. The monoisotopic (exact) mass is 826 g/mol. The zero-order valence-electron chi connectivity index (χ0n) is 32.9. The Kier molecular flexibility index (Phi) is 70.2. The van der Waals surface area contributed by atoms with Gasteiger partial charge in [0, 0.05) is 32.7 Å². The number of hydrogen-bond donors (Lipinski definition) is 0. The summed E-state index contributed by atoms with van der Waals surface area (Å²) < 4.78 is 68.2. The number of hydrogen-bond acceptors (Lipinski definition) is 12. The third-order valence-electron chi connectivity index (χ3n) is 7.29. The van der Waals surface area contributed by atoms with Crippen molar-refractivity contribution in [2.75, 3.05) is 0 Å². The van der Waals surface area contributed by atoms with Gasteiger partial charge in [-0.3, -0.25) is 16.8 Å². The topological polar surface area (TPSA) is 241 Å². The van der Waals surface area contributed by atoms with Crippen molar-refractivity contribution in [1.29, 1.82) is 0 Å². The minimum Gasteiger partial charge on any atom is -0.759 e. The van der Waals surface area contributed by atoms with Crippen LogP contribution in [-0.2, 0) is 30.4 Å². The summed E-state index contributed by atoms with van der Waals surface area (Å²) in [6.45, 7) is 4.51. The van der Waals surface area contributed by atoms with Crippen molar-refractivity contribution in [1.82, 2.24) is 0 Å². The summed E-state index contributed by atoms with van der Waals surface area (Å²) in [6, 6.07) is 0. The van der Waals surface area contributed by atoms with E-state index in [0.717, 1.165) is 38.5 Å². The van der Waals surface area contributed by atoms with Crippen LogP contribution in [0, 0.1) is 0 Å². The van der Waals surface area contributed by atoms with Crippen molar-refractivity contribution in [3.05, 3.63) is 24.3 Å². The van der Waals surface area contributed by atoms with E-state index in [1.54, 1.807) is 0 Å². The van der Waals surface area contributed by atoms with Gasteiger partial charge in [-0.25, -0.2) is 0 Å². The molecule has 0 spiro atoms. The normalized spacial score (nSPS) is 10.7. The molecule has 300 valence electrons. The van der Waals surface area contributed by atoms with Crippen molar-refractivity contribution < 1.29 is 54.8 Å². The molecule has 0 aliphatic carbocycles. The van der Waals surface area contributed by atoms with Gasteiger partial charge in [-0.1, -0.05) is 141 Å². The minimum absolute atomic E-state index is 0. The molecule has 0 rings (SSSR count). The predicted octanol–water partition coefficient (Wildman–Crippen LogP) is 5.73. The van der Waals surface area contributed by atoms with Crippen LogP contribution < -0.4 is 10.2 Å².